The average Bonchev–Trinajstić information content (AvgIpc) is 3.31. The Bertz CT molecular complexity index is 956. The lowest BCUT2D eigenvalue weighted by Gasteiger charge is -2.36. The predicted molar refractivity (Wildman–Crippen MR) is 123 cm³/mol. The molecule has 2 aliphatic heterocycles. The van der Waals surface area contributed by atoms with E-state index in [-0.39, 0.29) is 22.6 Å². The number of nitrogens with one attached hydrogen (secondary N) is 1. The Morgan fingerprint density at radius 3 is 2.68 bits per heavy atom. The van der Waals surface area contributed by atoms with Crippen molar-refractivity contribution in [2.45, 2.75) is 18.9 Å². The van der Waals surface area contributed by atoms with Gasteiger partial charge in [-0.05, 0) is 43.2 Å². The summed E-state index contributed by atoms with van der Waals surface area (Å²) in [6, 6.07) is 12.6. The first-order valence-electron chi connectivity index (χ1n) is 10.4. The average molecular weight is 489 g/mol. The monoisotopic (exact) mass is 488 g/mol. The molecule has 2 aromatic carbocycles. The fourth-order valence-corrected chi connectivity index (χ4v) is 4.42. The lowest BCUT2D eigenvalue weighted by Crippen LogP contribution is -2.48. The molecular formula is C22H25BrN4O4. The zero-order valence-electron chi connectivity index (χ0n) is 17.1. The molecule has 4 rings (SSSR count). The minimum atomic E-state index is -0.365. The zero-order valence-corrected chi connectivity index (χ0v) is 18.7. The van der Waals surface area contributed by atoms with Gasteiger partial charge >= 0.3 is 0 Å². The SMILES string of the molecule is O=C(c1cccc(Br)c1)N1CCN(c2ccc([N+](=O)[O-])c(NC[C@H]3CCCO3)c2)CC1. The molecule has 1 amide bonds. The highest BCUT2D eigenvalue weighted by Crippen LogP contribution is 2.31. The number of nitrogens with zero attached hydrogens (tertiary/aromatic N) is 3. The Morgan fingerprint density at radius 2 is 2.00 bits per heavy atom. The molecule has 0 aliphatic carbocycles. The van der Waals surface area contributed by atoms with E-state index in [0.29, 0.717) is 44.0 Å². The predicted octanol–water partition coefficient (Wildman–Crippen LogP) is 3.91. The fourth-order valence-electron chi connectivity index (χ4n) is 4.02. The number of amides is 1. The van der Waals surface area contributed by atoms with E-state index in [0.717, 1.165) is 29.6 Å². The third-order valence-corrected chi connectivity index (χ3v) is 6.22. The maximum absolute atomic E-state index is 12.8. The van der Waals surface area contributed by atoms with Crippen LogP contribution in [0.1, 0.15) is 23.2 Å². The Labute approximate surface area is 189 Å². The Kier molecular flexibility index (Phi) is 6.72. The summed E-state index contributed by atoms with van der Waals surface area (Å²) in [5.41, 5.74) is 2.14. The van der Waals surface area contributed by atoms with Crippen molar-refractivity contribution in [2.75, 3.05) is 49.5 Å². The van der Waals surface area contributed by atoms with Crippen molar-refractivity contribution >= 4 is 38.9 Å². The highest BCUT2D eigenvalue weighted by atomic mass is 79.9. The first kappa shape index (κ1) is 21.6. The van der Waals surface area contributed by atoms with E-state index in [1.54, 1.807) is 12.1 Å². The molecule has 0 spiro atoms. The fraction of sp³-hybridized carbons (Fsp3) is 0.409. The van der Waals surface area contributed by atoms with Crippen molar-refractivity contribution in [3.05, 3.63) is 62.6 Å². The van der Waals surface area contributed by atoms with E-state index in [9.17, 15) is 14.9 Å². The number of halogens is 1. The molecule has 0 radical (unpaired) electrons. The van der Waals surface area contributed by atoms with Crippen LogP contribution in [0.25, 0.3) is 0 Å². The summed E-state index contributed by atoms with van der Waals surface area (Å²) in [5.74, 6) is 0.0172. The van der Waals surface area contributed by atoms with Crippen molar-refractivity contribution in [2.24, 2.45) is 0 Å². The number of rotatable bonds is 6. The number of nitro benzene ring substituents is 1. The molecule has 0 saturated carbocycles. The summed E-state index contributed by atoms with van der Waals surface area (Å²) in [6.45, 7) is 3.84. The molecule has 2 aromatic rings. The molecule has 2 aliphatic rings. The van der Waals surface area contributed by atoms with Crippen molar-refractivity contribution in [1.29, 1.82) is 0 Å². The minimum absolute atomic E-state index is 0.0172. The smallest absolute Gasteiger partial charge is 0.292 e. The number of benzene rings is 2. The van der Waals surface area contributed by atoms with E-state index in [4.69, 9.17) is 4.74 Å². The molecule has 1 atom stereocenters. The van der Waals surface area contributed by atoms with Gasteiger partial charge in [-0.25, -0.2) is 0 Å². The third kappa shape index (κ3) is 5.16. The molecule has 1 N–H and O–H groups in total. The molecule has 2 fully saturated rings. The molecule has 2 heterocycles. The van der Waals surface area contributed by atoms with Gasteiger partial charge in [-0.3, -0.25) is 14.9 Å². The second-order valence-electron chi connectivity index (χ2n) is 7.76. The maximum Gasteiger partial charge on any atom is 0.292 e. The van der Waals surface area contributed by atoms with Gasteiger partial charge in [0, 0.05) is 61.1 Å². The van der Waals surface area contributed by atoms with Crippen LogP contribution in [0, 0.1) is 10.1 Å². The summed E-state index contributed by atoms with van der Waals surface area (Å²) in [7, 11) is 0. The van der Waals surface area contributed by atoms with Gasteiger partial charge in [0.15, 0.2) is 0 Å². The van der Waals surface area contributed by atoms with E-state index >= 15 is 0 Å². The van der Waals surface area contributed by atoms with Gasteiger partial charge < -0.3 is 19.9 Å². The van der Waals surface area contributed by atoms with Crippen molar-refractivity contribution in [1.82, 2.24) is 4.90 Å². The van der Waals surface area contributed by atoms with Crippen LogP contribution in [0.3, 0.4) is 0 Å². The maximum atomic E-state index is 12.8. The third-order valence-electron chi connectivity index (χ3n) is 5.72. The summed E-state index contributed by atoms with van der Waals surface area (Å²) in [6.07, 6.45) is 2.09. The van der Waals surface area contributed by atoms with E-state index in [1.807, 2.05) is 35.2 Å². The largest absolute Gasteiger partial charge is 0.377 e. The molecular weight excluding hydrogens is 464 g/mol. The number of anilines is 2. The molecule has 2 saturated heterocycles. The van der Waals surface area contributed by atoms with Crippen LogP contribution in [-0.2, 0) is 4.74 Å². The Morgan fingerprint density at radius 1 is 1.19 bits per heavy atom. The Balaban J connectivity index is 1.42. The standard InChI is InChI=1S/C22H25BrN4O4/c23-17-4-1-3-16(13-17)22(28)26-10-8-25(9-11-26)18-6-7-21(27(29)30)20(14-18)24-15-19-5-2-12-31-19/h1,3-4,6-7,13-14,19,24H,2,5,8-12,15H2/t19-/m1/s1. The first-order chi connectivity index (χ1) is 15.0. The van der Waals surface area contributed by atoms with Crippen LogP contribution in [-0.4, -0.2) is 61.2 Å². The van der Waals surface area contributed by atoms with Crippen molar-refractivity contribution in [3.63, 3.8) is 0 Å². The summed E-state index contributed by atoms with van der Waals surface area (Å²) in [4.78, 5) is 27.9. The minimum Gasteiger partial charge on any atom is -0.377 e. The number of carbonyl (C=O) groups is 1. The normalized spacial score (nSPS) is 18.8. The second kappa shape index (κ2) is 9.65. The van der Waals surface area contributed by atoms with Gasteiger partial charge in [0.2, 0.25) is 0 Å². The number of hydrogen-bond acceptors (Lipinski definition) is 6. The van der Waals surface area contributed by atoms with Crippen LogP contribution < -0.4 is 10.2 Å². The van der Waals surface area contributed by atoms with E-state index in [1.165, 1.54) is 0 Å². The molecule has 0 aromatic heterocycles. The molecule has 31 heavy (non-hydrogen) atoms. The van der Waals surface area contributed by atoms with Gasteiger partial charge in [-0.2, -0.15) is 0 Å². The number of piperazine rings is 1. The lowest BCUT2D eigenvalue weighted by molar-refractivity contribution is -0.383. The highest BCUT2D eigenvalue weighted by Gasteiger charge is 2.24. The van der Waals surface area contributed by atoms with E-state index < -0.39 is 0 Å². The number of ether oxygens (including phenoxy) is 1. The lowest BCUT2D eigenvalue weighted by atomic mass is 10.1. The molecule has 0 bridgehead atoms. The quantitative estimate of drug-likeness (QED) is 0.489. The molecule has 9 heteroatoms. The van der Waals surface area contributed by atoms with Crippen LogP contribution in [0.5, 0.6) is 0 Å². The Hall–Kier alpha value is -2.65. The second-order valence-corrected chi connectivity index (χ2v) is 8.68. The van der Waals surface area contributed by atoms with Gasteiger partial charge in [-0.1, -0.05) is 22.0 Å². The first-order valence-corrected chi connectivity index (χ1v) is 11.2. The summed E-state index contributed by atoms with van der Waals surface area (Å²) < 4.78 is 6.50. The van der Waals surface area contributed by atoms with Crippen LogP contribution in [0.4, 0.5) is 17.1 Å². The van der Waals surface area contributed by atoms with Gasteiger partial charge in [-0.15, -0.1) is 0 Å². The number of hydrogen-bond donors (Lipinski definition) is 1. The summed E-state index contributed by atoms with van der Waals surface area (Å²) >= 11 is 3.41. The summed E-state index contributed by atoms with van der Waals surface area (Å²) in [5, 5.41) is 14.7. The van der Waals surface area contributed by atoms with Crippen molar-refractivity contribution in [3.8, 4) is 0 Å². The number of carbonyl (C=O) groups excluding carboxylic acids is 1. The van der Waals surface area contributed by atoms with Crippen LogP contribution >= 0.6 is 15.9 Å². The molecule has 0 unspecified atom stereocenters. The molecule has 164 valence electrons. The highest BCUT2D eigenvalue weighted by molar-refractivity contribution is 9.10. The zero-order chi connectivity index (χ0) is 21.8. The topological polar surface area (TPSA) is 88.0 Å². The van der Waals surface area contributed by atoms with Crippen LogP contribution in [0.2, 0.25) is 0 Å². The number of nitro groups is 1. The molecule has 8 nitrogen and oxygen atoms in total. The van der Waals surface area contributed by atoms with Gasteiger partial charge in [0.25, 0.3) is 11.6 Å². The van der Waals surface area contributed by atoms with Crippen molar-refractivity contribution < 1.29 is 14.5 Å². The van der Waals surface area contributed by atoms with Crippen LogP contribution in [0.15, 0.2) is 46.9 Å². The van der Waals surface area contributed by atoms with Gasteiger partial charge in [0.1, 0.15) is 5.69 Å². The van der Waals surface area contributed by atoms with Gasteiger partial charge in [0.05, 0.1) is 11.0 Å². The van der Waals surface area contributed by atoms with E-state index in [2.05, 4.69) is 26.1 Å².